The van der Waals surface area contributed by atoms with Crippen molar-refractivity contribution >= 4 is 5.91 Å². The lowest BCUT2D eigenvalue weighted by Gasteiger charge is -2.29. The van der Waals surface area contributed by atoms with Crippen molar-refractivity contribution in [2.75, 3.05) is 19.8 Å². The first-order valence-electron chi connectivity index (χ1n) is 7.86. The molecule has 0 saturated carbocycles. The summed E-state index contributed by atoms with van der Waals surface area (Å²) in [6, 6.07) is 0.841. The summed E-state index contributed by atoms with van der Waals surface area (Å²) in [4.78, 5) is 12.0. The lowest BCUT2D eigenvalue weighted by atomic mass is 9.92. The van der Waals surface area contributed by atoms with Crippen LogP contribution >= 0.6 is 0 Å². The maximum Gasteiger partial charge on any atom is 0.220 e. The Morgan fingerprint density at radius 2 is 2.11 bits per heavy atom. The van der Waals surface area contributed by atoms with Crippen LogP contribution in [0.4, 0.5) is 0 Å². The van der Waals surface area contributed by atoms with E-state index in [2.05, 4.69) is 17.6 Å². The summed E-state index contributed by atoms with van der Waals surface area (Å²) < 4.78 is 5.36. The fourth-order valence-corrected chi connectivity index (χ4v) is 3.14. The molecule has 2 saturated heterocycles. The maximum atomic E-state index is 12.0. The van der Waals surface area contributed by atoms with Crippen molar-refractivity contribution in [1.29, 1.82) is 0 Å². The Hall–Kier alpha value is -0.610. The predicted octanol–water partition coefficient (Wildman–Crippen LogP) is 1.84. The second-order valence-corrected chi connectivity index (χ2v) is 5.99. The molecule has 2 aliphatic heterocycles. The summed E-state index contributed by atoms with van der Waals surface area (Å²) in [6.45, 7) is 4.94. The Balaban J connectivity index is 1.62. The van der Waals surface area contributed by atoms with Gasteiger partial charge in [-0.25, -0.2) is 0 Å². The van der Waals surface area contributed by atoms with Gasteiger partial charge in [-0.05, 0) is 51.5 Å². The second kappa shape index (κ2) is 7.85. The number of piperidine rings is 1. The zero-order chi connectivity index (χ0) is 13.5. The number of nitrogens with one attached hydrogen (secondary N) is 2. The largest absolute Gasteiger partial charge is 0.381 e. The van der Waals surface area contributed by atoms with Crippen LogP contribution in [0.5, 0.6) is 0 Å². The predicted molar refractivity (Wildman–Crippen MR) is 76.0 cm³/mol. The van der Waals surface area contributed by atoms with Crippen LogP contribution in [0.25, 0.3) is 0 Å². The molecule has 1 amide bonds. The number of amides is 1. The second-order valence-electron chi connectivity index (χ2n) is 5.99. The van der Waals surface area contributed by atoms with Gasteiger partial charge < -0.3 is 15.4 Å². The van der Waals surface area contributed by atoms with Gasteiger partial charge in [0.25, 0.3) is 0 Å². The van der Waals surface area contributed by atoms with Crippen molar-refractivity contribution in [1.82, 2.24) is 10.6 Å². The van der Waals surface area contributed by atoms with Gasteiger partial charge in [0.2, 0.25) is 5.91 Å². The molecule has 0 bridgehead atoms. The van der Waals surface area contributed by atoms with Crippen LogP contribution in [-0.2, 0) is 9.53 Å². The molecule has 0 aromatic heterocycles. The Morgan fingerprint density at radius 1 is 1.32 bits per heavy atom. The Labute approximate surface area is 116 Å². The third-order valence-corrected chi connectivity index (χ3v) is 4.49. The fraction of sp³-hybridized carbons (Fsp3) is 0.933. The first-order chi connectivity index (χ1) is 9.25. The Morgan fingerprint density at radius 3 is 2.79 bits per heavy atom. The molecule has 0 aromatic rings. The normalized spacial score (nSPS) is 26.9. The zero-order valence-electron chi connectivity index (χ0n) is 12.1. The molecule has 0 spiro atoms. The number of hydrogen-bond acceptors (Lipinski definition) is 3. The third-order valence-electron chi connectivity index (χ3n) is 4.49. The van der Waals surface area contributed by atoms with E-state index >= 15 is 0 Å². The first-order valence-corrected chi connectivity index (χ1v) is 7.86. The average molecular weight is 268 g/mol. The first kappa shape index (κ1) is 14.8. The lowest BCUT2D eigenvalue weighted by Crippen LogP contribution is -2.41. The topological polar surface area (TPSA) is 50.4 Å². The molecule has 2 heterocycles. The van der Waals surface area contributed by atoms with Crippen LogP contribution in [0, 0.1) is 5.92 Å². The quantitative estimate of drug-likeness (QED) is 0.800. The van der Waals surface area contributed by atoms with Crippen LogP contribution in [0.15, 0.2) is 0 Å². The van der Waals surface area contributed by atoms with E-state index in [4.69, 9.17) is 4.74 Å². The molecule has 2 atom stereocenters. The Bertz CT molecular complexity index is 271. The minimum Gasteiger partial charge on any atom is -0.381 e. The van der Waals surface area contributed by atoms with Gasteiger partial charge in [-0.2, -0.15) is 0 Å². The van der Waals surface area contributed by atoms with Gasteiger partial charge in [0.15, 0.2) is 0 Å². The van der Waals surface area contributed by atoms with E-state index in [1.54, 1.807) is 0 Å². The van der Waals surface area contributed by atoms with Crippen LogP contribution in [0.1, 0.15) is 51.9 Å². The average Bonchev–Trinajstić information content (AvgIpc) is 2.47. The van der Waals surface area contributed by atoms with E-state index < -0.39 is 0 Å². The molecule has 2 unspecified atom stereocenters. The highest BCUT2D eigenvalue weighted by Gasteiger charge is 2.22. The van der Waals surface area contributed by atoms with Gasteiger partial charge >= 0.3 is 0 Å². The van der Waals surface area contributed by atoms with E-state index in [0.717, 1.165) is 39.0 Å². The van der Waals surface area contributed by atoms with Crippen LogP contribution < -0.4 is 10.6 Å². The smallest absolute Gasteiger partial charge is 0.220 e. The summed E-state index contributed by atoms with van der Waals surface area (Å²) in [5.41, 5.74) is 0. The maximum absolute atomic E-state index is 12.0. The monoisotopic (exact) mass is 268 g/mol. The van der Waals surface area contributed by atoms with E-state index in [1.165, 1.54) is 19.3 Å². The molecule has 0 radical (unpaired) electrons. The lowest BCUT2D eigenvalue weighted by molar-refractivity contribution is -0.122. The molecule has 2 fully saturated rings. The van der Waals surface area contributed by atoms with Crippen molar-refractivity contribution < 1.29 is 9.53 Å². The number of ether oxygens (including phenoxy) is 1. The van der Waals surface area contributed by atoms with Gasteiger partial charge in [-0.3, -0.25) is 4.79 Å². The van der Waals surface area contributed by atoms with Crippen LogP contribution in [-0.4, -0.2) is 37.7 Å². The van der Waals surface area contributed by atoms with Crippen molar-refractivity contribution in [3.8, 4) is 0 Å². The summed E-state index contributed by atoms with van der Waals surface area (Å²) >= 11 is 0. The number of carbonyl (C=O) groups excluding carboxylic acids is 1. The summed E-state index contributed by atoms with van der Waals surface area (Å²) in [5.74, 6) is 0.803. The standard InChI is InChI=1S/C15H28N2O2/c1-12(13-7-10-19-11-8-13)17-15(18)6-5-14-4-2-3-9-16-14/h12-14,16H,2-11H2,1H3,(H,17,18). The van der Waals surface area contributed by atoms with E-state index in [9.17, 15) is 4.79 Å². The van der Waals surface area contributed by atoms with E-state index in [0.29, 0.717) is 18.4 Å². The van der Waals surface area contributed by atoms with E-state index in [1.807, 2.05) is 0 Å². The van der Waals surface area contributed by atoms with Crippen molar-refractivity contribution in [2.45, 2.75) is 64.0 Å². The molecule has 0 aromatic carbocycles. The number of hydrogen-bond donors (Lipinski definition) is 2. The van der Waals surface area contributed by atoms with Crippen LogP contribution in [0.3, 0.4) is 0 Å². The van der Waals surface area contributed by atoms with Crippen molar-refractivity contribution in [2.24, 2.45) is 5.92 Å². The highest BCUT2D eigenvalue weighted by atomic mass is 16.5. The molecular formula is C15H28N2O2. The molecule has 2 rings (SSSR count). The van der Waals surface area contributed by atoms with Gasteiger partial charge in [0.1, 0.15) is 0 Å². The van der Waals surface area contributed by atoms with Crippen molar-refractivity contribution in [3.63, 3.8) is 0 Å². The molecule has 19 heavy (non-hydrogen) atoms. The Kier molecular flexibility index (Phi) is 6.11. The zero-order valence-corrected chi connectivity index (χ0v) is 12.1. The van der Waals surface area contributed by atoms with Crippen molar-refractivity contribution in [3.05, 3.63) is 0 Å². The molecule has 2 aliphatic rings. The molecule has 110 valence electrons. The molecular weight excluding hydrogens is 240 g/mol. The number of rotatable bonds is 5. The molecule has 2 N–H and O–H groups in total. The SMILES string of the molecule is CC(NC(=O)CCC1CCCCN1)C1CCOCC1. The third kappa shape index (κ3) is 5.11. The van der Waals surface area contributed by atoms with Crippen LogP contribution in [0.2, 0.25) is 0 Å². The van der Waals surface area contributed by atoms with Gasteiger partial charge in [0, 0.05) is 31.7 Å². The summed E-state index contributed by atoms with van der Waals surface area (Å²) in [6.07, 6.45) is 7.60. The summed E-state index contributed by atoms with van der Waals surface area (Å²) in [7, 11) is 0. The summed E-state index contributed by atoms with van der Waals surface area (Å²) in [5, 5.41) is 6.66. The van der Waals surface area contributed by atoms with Gasteiger partial charge in [-0.1, -0.05) is 6.42 Å². The highest BCUT2D eigenvalue weighted by Crippen LogP contribution is 2.19. The number of carbonyl (C=O) groups is 1. The minimum atomic E-state index is 0.214. The van der Waals surface area contributed by atoms with Gasteiger partial charge in [0.05, 0.1) is 0 Å². The fourth-order valence-electron chi connectivity index (χ4n) is 3.14. The van der Waals surface area contributed by atoms with E-state index in [-0.39, 0.29) is 11.9 Å². The highest BCUT2D eigenvalue weighted by molar-refractivity contribution is 5.76. The molecule has 0 aliphatic carbocycles. The minimum absolute atomic E-state index is 0.214. The molecule has 4 heteroatoms. The van der Waals surface area contributed by atoms with Gasteiger partial charge in [-0.15, -0.1) is 0 Å². The molecule has 4 nitrogen and oxygen atoms in total.